The van der Waals surface area contributed by atoms with Crippen LogP contribution < -0.4 is 4.74 Å². The van der Waals surface area contributed by atoms with Crippen molar-refractivity contribution in [1.29, 1.82) is 0 Å². The topological polar surface area (TPSA) is 76.1 Å². The summed E-state index contributed by atoms with van der Waals surface area (Å²) in [6.07, 6.45) is -0.0748. The Morgan fingerprint density at radius 2 is 1.96 bits per heavy atom. The van der Waals surface area contributed by atoms with Crippen LogP contribution in [0, 0.1) is 0 Å². The highest BCUT2D eigenvalue weighted by atomic mass is 16.6. The van der Waals surface area contributed by atoms with E-state index in [4.69, 9.17) is 9.47 Å². The third-order valence-corrected chi connectivity index (χ3v) is 4.25. The molecule has 0 aliphatic carbocycles. The van der Waals surface area contributed by atoms with E-state index in [1.807, 2.05) is 36.4 Å². The van der Waals surface area contributed by atoms with Crippen molar-refractivity contribution < 1.29 is 24.2 Å². The lowest BCUT2D eigenvalue weighted by molar-refractivity contribution is -0.143. The molecule has 1 aliphatic heterocycles. The van der Waals surface area contributed by atoms with Gasteiger partial charge in [-0.25, -0.2) is 9.59 Å². The molecule has 25 heavy (non-hydrogen) atoms. The van der Waals surface area contributed by atoms with E-state index >= 15 is 0 Å². The molecule has 0 saturated carbocycles. The summed E-state index contributed by atoms with van der Waals surface area (Å²) < 4.78 is 10.5. The highest BCUT2D eigenvalue weighted by Gasteiger charge is 2.37. The van der Waals surface area contributed by atoms with Crippen molar-refractivity contribution in [3.05, 3.63) is 65.2 Å². The predicted molar refractivity (Wildman–Crippen MR) is 90.4 cm³/mol. The zero-order valence-electron chi connectivity index (χ0n) is 13.8. The van der Waals surface area contributed by atoms with Crippen LogP contribution in [-0.4, -0.2) is 35.7 Å². The summed E-state index contributed by atoms with van der Waals surface area (Å²) in [6.45, 7) is 0.392. The first-order valence-corrected chi connectivity index (χ1v) is 7.97. The number of amides is 1. The van der Waals surface area contributed by atoms with E-state index in [1.54, 1.807) is 19.2 Å². The van der Waals surface area contributed by atoms with Crippen molar-refractivity contribution >= 4 is 12.1 Å². The van der Waals surface area contributed by atoms with Gasteiger partial charge >= 0.3 is 12.1 Å². The molecule has 0 unspecified atom stereocenters. The monoisotopic (exact) mass is 341 g/mol. The Hall–Kier alpha value is -3.02. The van der Waals surface area contributed by atoms with Gasteiger partial charge in [-0.15, -0.1) is 0 Å². The molecular formula is C19H19NO5. The number of carboxylic acids is 1. The van der Waals surface area contributed by atoms with Gasteiger partial charge in [-0.3, -0.25) is 4.90 Å². The number of hydrogen-bond donors (Lipinski definition) is 1. The van der Waals surface area contributed by atoms with Gasteiger partial charge in [0.1, 0.15) is 12.4 Å². The van der Waals surface area contributed by atoms with E-state index in [0.29, 0.717) is 17.7 Å². The van der Waals surface area contributed by atoms with Gasteiger partial charge < -0.3 is 14.6 Å². The van der Waals surface area contributed by atoms with Crippen LogP contribution in [0.15, 0.2) is 48.5 Å². The van der Waals surface area contributed by atoms with Gasteiger partial charge in [0.05, 0.1) is 7.11 Å². The molecule has 2 aromatic carbocycles. The summed E-state index contributed by atoms with van der Waals surface area (Å²) in [6, 6.07) is 13.4. The molecule has 0 saturated heterocycles. The second-order valence-corrected chi connectivity index (χ2v) is 5.79. The molecule has 1 amide bonds. The summed E-state index contributed by atoms with van der Waals surface area (Å²) in [7, 11) is 1.56. The van der Waals surface area contributed by atoms with Gasteiger partial charge in [-0.1, -0.05) is 36.4 Å². The Morgan fingerprint density at radius 1 is 1.20 bits per heavy atom. The highest BCUT2D eigenvalue weighted by molar-refractivity contribution is 5.82. The molecule has 0 bridgehead atoms. The lowest BCUT2D eigenvalue weighted by Gasteiger charge is -2.34. The number of rotatable bonds is 4. The van der Waals surface area contributed by atoms with Crippen LogP contribution in [-0.2, 0) is 22.6 Å². The zero-order chi connectivity index (χ0) is 17.8. The van der Waals surface area contributed by atoms with Gasteiger partial charge in [0, 0.05) is 6.54 Å². The van der Waals surface area contributed by atoms with E-state index in [2.05, 4.69) is 0 Å². The molecule has 1 atom stereocenters. The predicted octanol–water partition coefficient (Wildman–Crippen LogP) is 3.02. The molecule has 0 fully saturated rings. The minimum absolute atomic E-state index is 0.109. The number of carbonyl (C=O) groups is 2. The summed E-state index contributed by atoms with van der Waals surface area (Å²) in [5, 5.41) is 9.64. The molecule has 0 spiro atoms. The van der Waals surface area contributed by atoms with Crippen molar-refractivity contribution in [2.75, 3.05) is 13.7 Å². The van der Waals surface area contributed by atoms with Crippen LogP contribution in [0.2, 0.25) is 0 Å². The minimum atomic E-state index is -1.08. The molecule has 1 N–H and O–H groups in total. The van der Waals surface area contributed by atoms with Gasteiger partial charge in [0.25, 0.3) is 0 Å². The summed E-state index contributed by atoms with van der Waals surface area (Å²) in [5.41, 5.74) is 2.32. The fourth-order valence-electron chi connectivity index (χ4n) is 3.00. The number of nitrogens with zero attached hydrogens (tertiary/aromatic N) is 1. The van der Waals surface area contributed by atoms with E-state index in [9.17, 15) is 14.7 Å². The molecule has 0 radical (unpaired) electrons. The van der Waals surface area contributed by atoms with Gasteiger partial charge in [-0.05, 0) is 35.2 Å². The number of benzene rings is 2. The summed E-state index contributed by atoms with van der Waals surface area (Å²) in [5.74, 6) is -0.411. The van der Waals surface area contributed by atoms with Crippen LogP contribution in [0.25, 0.3) is 0 Å². The number of carboxylic acid groups (broad SMARTS) is 1. The first-order valence-electron chi connectivity index (χ1n) is 7.97. The Balaban J connectivity index is 1.78. The second kappa shape index (κ2) is 7.25. The van der Waals surface area contributed by atoms with E-state index < -0.39 is 18.1 Å². The van der Waals surface area contributed by atoms with Crippen molar-refractivity contribution in [1.82, 2.24) is 4.90 Å². The molecule has 2 aromatic rings. The Morgan fingerprint density at radius 3 is 2.64 bits per heavy atom. The van der Waals surface area contributed by atoms with Gasteiger partial charge in [0.15, 0.2) is 6.04 Å². The largest absolute Gasteiger partial charge is 0.497 e. The average molecular weight is 341 g/mol. The SMILES string of the molecule is COc1ccc2c(c1)CCN(C(=O)OCc1ccccc1)[C@@H]2C(=O)O. The van der Waals surface area contributed by atoms with Crippen LogP contribution in [0.1, 0.15) is 22.7 Å². The third kappa shape index (κ3) is 3.57. The molecule has 1 aliphatic rings. The van der Waals surface area contributed by atoms with Crippen LogP contribution >= 0.6 is 0 Å². The first-order chi connectivity index (χ1) is 12.1. The molecule has 130 valence electrons. The Labute approximate surface area is 145 Å². The van der Waals surface area contributed by atoms with Gasteiger partial charge in [-0.2, -0.15) is 0 Å². The van der Waals surface area contributed by atoms with Crippen molar-refractivity contribution in [3.8, 4) is 5.75 Å². The maximum atomic E-state index is 12.4. The van der Waals surface area contributed by atoms with E-state index in [-0.39, 0.29) is 13.2 Å². The van der Waals surface area contributed by atoms with Crippen molar-refractivity contribution in [3.63, 3.8) is 0 Å². The first kappa shape index (κ1) is 16.8. The maximum Gasteiger partial charge on any atom is 0.411 e. The summed E-state index contributed by atoms with van der Waals surface area (Å²) in [4.78, 5) is 25.5. The minimum Gasteiger partial charge on any atom is -0.497 e. The van der Waals surface area contributed by atoms with E-state index in [0.717, 1.165) is 11.1 Å². The molecule has 3 rings (SSSR count). The second-order valence-electron chi connectivity index (χ2n) is 5.79. The molecule has 6 heteroatoms. The maximum absolute atomic E-state index is 12.4. The van der Waals surface area contributed by atoms with Crippen LogP contribution in [0.5, 0.6) is 5.75 Å². The van der Waals surface area contributed by atoms with Crippen molar-refractivity contribution in [2.24, 2.45) is 0 Å². The highest BCUT2D eigenvalue weighted by Crippen LogP contribution is 2.33. The number of fused-ring (bicyclic) bond motifs is 1. The Kier molecular flexibility index (Phi) is 4.88. The lowest BCUT2D eigenvalue weighted by atomic mass is 9.92. The smallest absolute Gasteiger partial charge is 0.411 e. The van der Waals surface area contributed by atoms with Crippen LogP contribution in [0.3, 0.4) is 0 Å². The normalized spacial score (nSPS) is 16.0. The van der Waals surface area contributed by atoms with Gasteiger partial charge in [0.2, 0.25) is 0 Å². The van der Waals surface area contributed by atoms with Crippen molar-refractivity contribution in [2.45, 2.75) is 19.1 Å². The zero-order valence-corrected chi connectivity index (χ0v) is 13.8. The number of carbonyl (C=O) groups excluding carboxylic acids is 1. The fourth-order valence-corrected chi connectivity index (χ4v) is 3.00. The number of aliphatic carboxylic acids is 1. The number of hydrogen-bond acceptors (Lipinski definition) is 4. The standard InChI is InChI=1S/C19H19NO5/c1-24-15-7-8-16-14(11-15)9-10-20(17(16)18(21)22)19(23)25-12-13-5-3-2-4-6-13/h2-8,11,17H,9-10,12H2,1H3,(H,21,22)/t17-/m0/s1. The van der Waals surface area contributed by atoms with Crippen LogP contribution in [0.4, 0.5) is 4.79 Å². The molecule has 1 heterocycles. The molecular weight excluding hydrogens is 322 g/mol. The quantitative estimate of drug-likeness (QED) is 0.925. The number of methoxy groups -OCH3 is 1. The lowest BCUT2D eigenvalue weighted by Crippen LogP contribution is -2.43. The third-order valence-electron chi connectivity index (χ3n) is 4.25. The number of ether oxygens (including phenoxy) is 2. The molecule has 0 aromatic heterocycles. The summed E-state index contributed by atoms with van der Waals surface area (Å²) >= 11 is 0. The molecule has 6 nitrogen and oxygen atoms in total. The van der Waals surface area contributed by atoms with E-state index in [1.165, 1.54) is 4.90 Å². The Bertz CT molecular complexity index is 775. The average Bonchev–Trinajstić information content (AvgIpc) is 2.65. The fraction of sp³-hybridized carbons (Fsp3) is 0.263.